The third-order valence-electron chi connectivity index (χ3n) is 12.0. The predicted octanol–water partition coefficient (Wildman–Crippen LogP) is 17.4. The highest BCUT2D eigenvalue weighted by Crippen LogP contribution is 2.17. The molecule has 0 saturated carbocycles. The van der Waals surface area contributed by atoms with E-state index in [0.29, 0.717) is 19.3 Å². The number of hydrogen-bond acceptors (Lipinski definition) is 6. The van der Waals surface area contributed by atoms with Crippen LogP contribution in [-0.2, 0) is 28.6 Å². The number of unbranched alkanes of at least 4 members (excludes halogenated alkanes) is 36. The quantitative estimate of drug-likeness (QED) is 0.0263. The van der Waals surface area contributed by atoms with Crippen LogP contribution in [0, 0.1) is 0 Å². The highest BCUT2D eigenvalue weighted by Gasteiger charge is 2.19. The van der Waals surface area contributed by atoms with Gasteiger partial charge in [0, 0.05) is 19.3 Å². The van der Waals surface area contributed by atoms with Crippen molar-refractivity contribution in [3.63, 3.8) is 0 Å². The fourth-order valence-electron chi connectivity index (χ4n) is 7.98. The standard InChI is InChI=1S/C54H102O6/c1-4-7-10-13-16-18-20-21-22-23-24-25-26-27-28-29-30-31-32-33-34-36-38-41-44-47-53(56)59-50-51(49-58-52(55)46-43-40-37-15-12-9-6-3)60-54(57)48-45-42-39-35-19-17-14-11-8-5-2/h11,14,51H,4-10,12-13,15-50H2,1-3H3/b14-11-. The molecule has 0 saturated heterocycles. The Morgan fingerprint density at radius 1 is 0.317 bits per heavy atom. The number of ether oxygens (including phenoxy) is 3. The Morgan fingerprint density at radius 2 is 0.583 bits per heavy atom. The highest BCUT2D eigenvalue weighted by molar-refractivity contribution is 5.71. The zero-order chi connectivity index (χ0) is 43.7. The molecule has 0 aliphatic carbocycles. The molecule has 0 aliphatic rings. The minimum absolute atomic E-state index is 0.0692. The molecule has 0 heterocycles. The average molecular weight is 847 g/mol. The van der Waals surface area contributed by atoms with Gasteiger partial charge in [-0.3, -0.25) is 14.4 Å². The maximum Gasteiger partial charge on any atom is 0.306 e. The van der Waals surface area contributed by atoms with E-state index in [4.69, 9.17) is 14.2 Å². The van der Waals surface area contributed by atoms with Crippen molar-refractivity contribution in [2.45, 2.75) is 303 Å². The molecule has 354 valence electrons. The van der Waals surface area contributed by atoms with Crippen LogP contribution in [0.1, 0.15) is 297 Å². The minimum atomic E-state index is -0.765. The Labute approximate surface area is 373 Å². The third kappa shape index (κ3) is 47.2. The molecule has 0 spiro atoms. The fourth-order valence-corrected chi connectivity index (χ4v) is 7.98. The van der Waals surface area contributed by atoms with E-state index in [2.05, 4.69) is 32.9 Å². The molecule has 0 aromatic heterocycles. The summed E-state index contributed by atoms with van der Waals surface area (Å²) in [5.41, 5.74) is 0. The van der Waals surface area contributed by atoms with Gasteiger partial charge in [0.1, 0.15) is 13.2 Å². The van der Waals surface area contributed by atoms with Crippen LogP contribution in [0.2, 0.25) is 0 Å². The molecule has 0 N–H and O–H groups in total. The summed E-state index contributed by atoms with van der Waals surface area (Å²) in [4.78, 5) is 37.7. The molecule has 0 bridgehead atoms. The van der Waals surface area contributed by atoms with Crippen molar-refractivity contribution in [1.82, 2.24) is 0 Å². The molecule has 0 aliphatic heterocycles. The first-order valence-electron chi connectivity index (χ1n) is 26.7. The van der Waals surface area contributed by atoms with Crippen LogP contribution < -0.4 is 0 Å². The van der Waals surface area contributed by atoms with Crippen molar-refractivity contribution in [2.24, 2.45) is 0 Å². The van der Waals surface area contributed by atoms with Gasteiger partial charge in [0.15, 0.2) is 6.10 Å². The van der Waals surface area contributed by atoms with Crippen molar-refractivity contribution < 1.29 is 28.6 Å². The predicted molar refractivity (Wildman–Crippen MR) is 256 cm³/mol. The molecule has 0 aromatic rings. The average Bonchev–Trinajstić information content (AvgIpc) is 3.24. The topological polar surface area (TPSA) is 78.9 Å². The summed E-state index contributed by atoms with van der Waals surface area (Å²) in [6.07, 6.45) is 55.3. The number of carbonyl (C=O) groups is 3. The molecule has 0 amide bonds. The Balaban J connectivity index is 4.00. The Bertz CT molecular complexity index is 931. The van der Waals surface area contributed by atoms with Gasteiger partial charge in [0.2, 0.25) is 0 Å². The molecule has 0 aromatic carbocycles. The van der Waals surface area contributed by atoms with Gasteiger partial charge in [-0.25, -0.2) is 0 Å². The Morgan fingerprint density at radius 3 is 0.900 bits per heavy atom. The van der Waals surface area contributed by atoms with Crippen molar-refractivity contribution in [3.8, 4) is 0 Å². The van der Waals surface area contributed by atoms with Gasteiger partial charge in [-0.1, -0.05) is 251 Å². The maximum atomic E-state index is 12.7. The number of esters is 3. The van der Waals surface area contributed by atoms with E-state index >= 15 is 0 Å². The van der Waals surface area contributed by atoms with E-state index in [-0.39, 0.29) is 31.1 Å². The van der Waals surface area contributed by atoms with Crippen LogP contribution >= 0.6 is 0 Å². The van der Waals surface area contributed by atoms with E-state index in [0.717, 1.165) is 70.6 Å². The zero-order valence-electron chi connectivity index (χ0n) is 40.5. The zero-order valence-corrected chi connectivity index (χ0v) is 40.5. The maximum absolute atomic E-state index is 12.7. The van der Waals surface area contributed by atoms with Gasteiger partial charge in [-0.05, 0) is 38.5 Å². The van der Waals surface area contributed by atoms with E-state index in [1.165, 1.54) is 186 Å². The molecule has 0 fully saturated rings. The molecule has 0 rings (SSSR count). The first kappa shape index (κ1) is 58.1. The number of allylic oxidation sites excluding steroid dienone is 2. The van der Waals surface area contributed by atoms with Gasteiger partial charge in [0.05, 0.1) is 0 Å². The lowest BCUT2D eigenvalue weighted by Gasteiger charge is -2.18. The molecular weight excluding hydrogens is 745 g/mol. The van der Waals surface area contributed by atoms with E-state index < -0.39 is 6.10 Å². The van der Waals surface area contributed by atoms with Crippen LogP contribution in [0.3, 0.4) is 0 Å². The summed E-state index contributed by atoms with van der Waals surface area (Å²) >= 11 is 0. The molecular formula is C54H102O6. The van der Waals surface area contributed by atoms with E-state index in [1.54, 1.807) is 0 Å². The summed E-state index contributed by atoms with van der Waals surface area (Å²) in [7, 11) is 0. The normalized spacial score (nSPS) is 12.0. The van der Waals surface area contributed by atoms with Gasteiger partial charge in [-0.2, -0.15) is 0 Å². The highest BCUT2D eigenvalue weighted by atomic mass is 16.6. The molecule has 6 nitrogen and oxygen atoms in total. The second-order valence-corrected chi connectivity index (χ2v) is 18.2. The van der Waals surface area contributed by atoms with E-state index in [9.17, 15) is 14.4 Å². The Hall–Kier alpha value is -1.85. The molecule has 1 unspecified atom stereocenters. The smallest absolute Gasteiger partial charge is 0.306 e. The van der Waals surface area contributed by atoms with Gasteiger partial charge in [-0.15, -0.1) is 0 Å². The molecule has 60 heavy (non-hydrogen) atoms. The van der Waals surface area contributed by atoms with Crippen LogP contribution in [0.5, 0.6) is 0 Å². The summed E-state index contributed by atoms with van der Waals surface area (Å²) in [5, 5.41) is 0. The summed E-state index contributed by atoms with van der Waals surface area (Å²) in [5.74, 6) is -0.873. The minimum Gasteiger partial charge on any atom is -0.462 e. The Kier molecular flexibility index (Phi) is 48.3. The van der Waals surface area contributed by atoms with Gasteiger partial charge < -0.3 is 14.2 Å². The molecule has 1 atom stereocenters. The van der Waals surface area contributed by atoms with Crippen molar-refractivity contribution in [1.29, 1.82) is 0 Å². The lowest BCUT2D eigenvalue weighted by atomic mass is 10.0. The largest absolute Gasteiger partial charge is 0.462 e. The second kappa shape index (κ2) is 49.8. The number of hydrogen-bond donors (Lipinski definition) is 0. The fraction of sp³-hybridized carbons (Fsp3) is 0.907. The second-order valence-electron chi connectivity index (χ2n) is 18.2. The van der Waals surface area contributed by atoms with Crippen LogP contribution in [0.25, 0.3) is 0 Å². The third-order valence-corrected chi connectivity index (χ3v) is 12.0. The van der Waals surface area contributed by atoms with E-state index in [1.807, 2.05) is 0 Å². The monoisotopic (exact) mass is 847 g/mol. The summed E-state index contributed by atoms with van der Waals surface area (Å²) < 4.78 is 16.7. The first-order valence-corrected chi connectivity index (χ1v) is 26.7. The van der Waals surface area contributed by atoms with Crippen molar-refractivity contribution in [3.05, 3.63) is 12.2 Å². The van der Waals surface area contributed by atoms with Gasteiger partial charge in [0.25, 0.3) is 0 Å². The number of rotatable bonds is 49. The SMILES string of the molecule is CCC/C=C\CCCCCCCC(=O)OC(COC(=O)CCCCCCCCC)COC(=O)CCCCCCCCCCCCCCCCCCCCCCCCCCC. The van der Waals surface area contributed by atoms with Crippen LogP contribution in [0.4, 0.5) is 0 Å². The van der Waals surface area contributed by atoms with Crippen molar-refractivity contribution in [2.75, 3.05) is 13.2 Å². The first-order chi connectivity index (χ1) is 29.5. The summed E-state index contributed by atoms with van der Waals surface area (Å²) in [6.45, 7) is 6.56. The molecule has 0 radical (unpaired) electrons. The van der Waals surface area contributed by atoms with Gasteiger partial charge >= 0.3 is 17.9 Å². The number of carbonyl (C=O) groups excluding carboxylic acids is 3. The van der Waals surface area contributed by atoms with Crippen molar-refractivity contribution >= 4 is 17.9 Å². The lowest BCUT2D eigenvalue weighted by Crippen LogP contribution is -2.30. The van der Waals surface area contributed by atoms with Crippen LogP contribution in [0.15, 0.2) is 12.2 Å². The lowest BCUT2D eigenvalue weighted by molar-refractivity contribution is -0.167. The molecule has 6 heteroatoms. The van der Waals surface area contributed by atoms with Crippen LogP contribution in [-0.4, -0.2) is 37.2 Å². The summed E-state index contributed by atoms with van der Waals surface area (Å²) in [6, 6.07) is 0.